The molecule has 5 nitrogen and oxygen atoms in total. The lowest BCUT2D eigenvalue weighted by atomic mass is 9.93. The van der Waals surface area contributed by atoms with Gasteiger partial charge in [0.25, 0.3) is 11.5 Å². The average Bonchev–Trinajstić information content (AvgIpc) is 3.02. The van der Waals surface area contributed by atoms with E-state index in [1.54, 1.807) is 16.2 Å². The van der Waals surface area contributed by atoms with Gasteiger partial charge in [-0.25, -0.2) is 4.98 Å². The van der Waals surface area contributed by atoms with E-state index in [2.05, 4.69) is 10.3 Å². The third kappa shape index (κ3) is 3.41. The Kier molecular flexibility index (Phi) is 4.94. The number of carbonyl (C=O) groups is 1. The Bertz CT molecular complexity index is 1050. The molecule has 0 unspecified atom stereocenters. The number of fused-ring (bicyclic) bond motifs is 1. The molecule has 1 amide bonds. The number of hydrogen-bond acceptors (Lipinski definition) is 5. The van der Waals surface area contributed by atoms with Crippen molar-refractivity contribution in [3.63, 3.8) is 0 Å². The SMILES string of the molecule is CSc1ccc(NC(=O)c2cnc3scc(C(C)(C)C)n3c2=O)c(C)c1. The first-order valence-electron chi connectivity index (χ1n) is 8.18. The van der Waals surface area contributed by atoms with Crippen LogP contribution in [0, 0.1) is 6.92 Å². The number of carbonyl (C=O) groups excluding carboxylic acids is 1. The summed E-state index contributed by atoms with van der Waals surface area (Å²) < 4.78 is 1.54. The molecule has 0 aliphatic rings. The Labute approximate surface area is 160 Å². The Hall–Kier alpha value is -2.12. The van der Waals surface area contributed by atoms with Gasteiger partial charge in [0.15, 0.2) is 4.96 Å². The zero-order chi connectivity index (χ0) is 19.1. The van der Waals surface area contributed by atoms with Crippen molar-refractivity contribution in [3.8, 4) is 0 Å². The van der Waals surface area contributed by atoms with Crippen LogP contribution in [0.4, 0.5) is 5.69 Å². The fourth-order valence-corrected chi connectivity index (χ4v) is 4.23. The largest absolute Gasteiger partial charge is 0.322 e. The highest BCUT2D eigenvalue weighted by Crippen LogP contribution is 2.26. The maximum atomic E-state index is 12.9. The molecule has 0 aliphatic heterocycles. The summed E-state index contributed by atoms with van der Waals surface area (Å²) in [5, 5.41) is 4.76. The minimum absolute atomic E-state index is 0.0414. The second-order valence-electron chi connectivity index (χ2n) is 7.10. The number of hydrogen-bond donors (Lipinski definition) is 1. The van der Waals surface area contributed by atoms with Crippen LogP contribution in [0.3, 0.4) is 0 Å². The third-order valence-electron chi connectivity index (χ3n) is 4.14. The molecule has 0 saturated carbocycles. The summed E-state index contributed by atoms with van der Waals surface area (Å²) in [5.74, 6) is -0.442. The maximum absolute atomic E-state index is 12.9. The monoisotopic (exact) mass is 387 g/mol. The highest BCUT2D eigenvalue weighted by molar-refractivity contribution is 7.98. The normalized spacial score (nSPS) is 11.7. The Morgan fingerprint density at radius 2 is 2.04 bits per heavy atom. The molecule has 0 radical (unpaired) electrons. The zero-order valence-electron chi connectivity index (χ0n) is 15.4. The highest BCUT2D eigenvalue weighted by atomic mass is 32.2. The molecule has 0 bridgehead atoms. The molecule has 2 heterocycles. The predicted octanol–water partition coefficient (Wildman–Crippen LogP) is 4.34. The van der Waals surface area contributed by atoms with E-state index in [1.165, 1.54) is 17.5 Å². The number of amides is 1. The molecular formula is C19H21N3O2S2. The van der Waals surface area contributed by atoms with Crippen LogP contribution < -0.4 is 10.9 Å². The van der Waals surface area contributed by atoms with Crippen LogP contribution in [0.1, 0.15) is 42.4 Å². The summed E-state index contributed by atoms with van der Waals surface area (Å²) in [6.07, 6.45) is 3.37. The van der Waals surface area contributed by atoms with Gasteiger partial charge < -0.3 is 5.32 Å². The van der Waals surface area contributed by atoms with Gasteiger partial charge in [-0.3, -0.25) is 14.0 Å². The van der Waals surface area contributed by atoms with E-state index >= 15 is 0 Å². The molecule has 1 aromatic carbocycles. The van der Waals surface area contributed by atoms with Crippen LogP contribution >= 0.6 is 23.1 Å². The van der Waals surface area contributed by atoms with Gasteiger partial charge in [-0.15, -0.1) is 23.1 Å². The third-order valence-corrected chi connectivity index (χ3v) is 5.71. The van der Waals surface area contributed by atoms with Crippen molar-refractivity contribution in [2.75, 3.05) is 11.6 Å². The van der Waals surface area contributed by atoms with Gasteiger partial charge in [-0.2, -0.15) is 0 Å². The van der Waals surface area contributed by atoms with E-state index in [1.807, 2.05) is 57.5 Å². The van der Waals surface area contributed by atoms with E-state index < -0.39 is 5.91 Å². The van der Waals surface area contributed by atoms with E-state index in [9.17, 15) is 9.59 Å². The van der Waals surface area contributed by atoms with E-state index in [0.717, 1.165) is 16.2 Å². The second kappa shape index (κ2) is 6.89. The number of aryl methyl sites for hydroxylation is 1. The molecule has 0 atom stereocenters. The van der Waals surface area contributed by atoms with Crippen LogP contribution in [0.15, 0.2) is 39.5 Å². The number of nitrogens with one attached hydrogen (secondary N) is 1. The number of benzene rings is 1. The average molecular weight is 388 g/mol. The van der Waals surface area contributed by atoms with Gasteiger partial charge in [0.1, 0.15) is 5.56 Å². The number of nitrogens with zero attached hydrogens (tertiary/aromatic N) is 2. The van der Waals surface area contributed by atoms with Crippen molar-refractivity contribution < 1.29 is 4.79 Å². The molecule has 0 spiro atoms. The lowest BCUT2D eigenvalue weighted by Gasteiger charge is -2.17. The minimum atomic E-state index is -0.442. The highest BCUT2D eigenvalue weighted by Gasteiger charge is 2.23. The first-order valence-corrected chi connectivity index (χ1v) is 10.3. The Morgan fingerprint density at radius 1 is 1.31 bits per heavy atom. The lowest BCUT2D eigenvalue weighted by molar-refractivity contribution is 0.102. The number of aromatic nitrogens is 2. The molecule has 0 aliphatic carbocycles. The first kappa shape index (κ1) is 18.7. The fourth-order valence-electron chi connectivity index (χ4n) is 2.66. The van der Waals surface area contributed by atoms with Gasteiger partial charge in [0.05, 0.1) is 0 Å². The predicted molar refractivity (Wildman–Crippen MR) is 109 cm³/mol. The summed E-state index contributed by atoms with van der Waals surface area (Å²) in [5.41, 5.74) is 1.98. The van der Waals surface area contributed by atoms with E-state index in [4.69, 9.17) is 0 Å². The molecular weight excluding hydrogens is 366 g/mol. The quantitative estimate of drug-likeness (QED) is 0.679. The molecule has 2 aromatic heterocycles. The number of thiazole rings is 1. The van der Waals surface area contributed by atoms with Gasteiger partial charge in [-0.05, 0) is 36.9 Å². The van der Waals surface area contributed by atoms with Crippen LogP contribution in [-0.4, -0.2) is 21.5 Å². The van der Waals surface area contributed by atoms with Crippen molar-refractivity contribution in [3.05, 3.63) is 57.0 Å². The van der Waals surface area contributed by atoms with E-state index in [0.29, 0.717) is 10.6 Å². The Balaban J connectivity index is 2.01. The summed E-state index contributed by atoms with van der Waals surface area (Å²) >= 11 is 3.04. The van der Waals surface area contributed by atoms with Crippen molar-refractivity contribution in [2.24, 2.45) is 0 Å². The Morgan fingerprint density at radius 3 is 2.65 bits per heavy atom. The second-order valence-corrected chi connectivity index (χ2v) is 8.82. The first-order chi connectivity index (χ1) is 12.2. The van der Waals surface area contributed by atoms with Crippen LogP contribution in [-0.2, 0) is 5.41 Å². The van der Waals surface area contributed by atoms with Crippen LogP contribution in [0.2, 0.25) is 0 Å². The standard InChI is InChI=1S/C19H21N3O2S2/c1-11-8-12(25-5)6-7-14(11)21-16(23)13-9-20-18-22(17(13)24)15(10-26-18)19(2,3)4/h6-10H,1-5H3,(H,21,23). The van der Waals surface area contributed by atoms with Crippen molar-refractivity contribution in [1.82, 2.24) is 9.38 Å². The number of rotatable bonds is 3. The molecule has 0 saturated heterocycles. The molecule has 3 rings (SSSR count). The fraction of sp³-hybridized carbons (Fsp3) is 0.316. The topological polar surface area (TPSA) is 63.5 Å². The van der Waals surface area contributed by atoms with E-state index in [-0.39, 0.29) is 16.5 Å². The lowest BCUT2D eigenvalue weighted by Crippen LogP contribution is -2.29. The molecule has 7 heteroatoms. The summed E-state index contributed by atoms with van der Waals surface area (Å²) in [4.78, 5) is 31.7. The van der Waals surface area contributed by atoms with Crippen molar-refractivity contribution >= 4 is 39.7 Å². The minimum Gasteiger partial charge on any atom is -0.322 e. The van der Waals surface area contributed by atoms with Gasteiger partial charge in [-0.1, -0.05) is 20.8 Å². The van der Waals surface area contributed by atoms with Gasteiger partial charge in [0.2, 0.25) is 0 Å². The molecule has 1 N–H and O–H groups in total. The van der Waals surface area contributed by atoms with Crippen molar-refractivity contribution in [2.45, 2.75) is 38.0 Å². The smallest absolute Gasteiger partial charge is 0.271 e. The summed E-state index contributed by atoms with van der Waals surface area (Å²) in [6, 6.07) is 5.80. The van der Waals surface area contributed by atoms with Crippen LogP contribution in [0.25, 0.3) is 4.96 Å². The van der Waals surface area contributed by atoms with Crippen molar-refractivity contribution in [1.29, 1.82) is 0 Å². The molecule has 26 heavy (non-hydrogen) atoms. The molecule has 0 fully saturated rings. The number of anilines is 1. The maximum Gasteiger partial charge on any atom is 0.271 e. The zero-order valence-corrected chi connectivity index (χ0v) is 17.0. The molecule has 136 valence electrons. The molecule has 3 aromatic rings. The summed E-state index contributed by atoms with van der Waals surface area (Å²) in [6.45, 7) is 8.03. The summed E-state index contributed by atoms with van der Waals surface area (Å²) in [7, 11) is 0. The number of thioether (sulfide) groups is 1. The van der Waals surface area contributed by atoms with Crippen LogP contribution in [0.5, 0.6) is 0 Å². The van der Waals surface area contributed by atoms with Gasteiger partial charge >= 0.3 is 0 Å². The van der Waals surface area contributed by atoms with Gasteiger partial charge in [0, 0.05) is 33.3 Å².